The maximum atomic E-state index is 12.1. The molecule has 0 saturated carbocycles. The minimum absolute atomic E-state index is 0.0192. The van der Waals surface area contributed by atoms with Crippen molar-refractivity contribution in [2.75, 3.05) is 32.7 Å². The summed E-state index contributed by atoms with van der Waals surface area (Å²) in [6.45, 7) is 7.75. The molecule has 1 amide bonds. The van der Waals surface area contributed by atoms with Crippen molar-refractivity contribution < 1.29 is 9.90 Å². The van der Waals surface area contributed by atoms with E-state index in [-0.39, 0.29) is 17.2 Å². The Hall–Kier alpha value is -3.06. The first kappa shape index (κ1) is 22.6. The van der Waals surface area contributed by atoms with Crippen LogP contribution in [0.25, 0.3) is 0 Å². The molecule has 0 spiro atoms. The van der Waals surface area contributed by atoms with Gasteiger partial charge in [-0.15, -0.1) is 0 Å². The van der Waals surface area contributed by atoms with Crippen LogP contribution in [0.15, 0.2) is 53.5 Å². The number of hydrogen-bond donors (Lipinski definition) is 4. The minimum Gasteiger partial charge on any atom is -0.507 e. The van der Waals surface area contributed by atoms with Gasteiger partial charge in [-0.05, 0) is 56.1 Å². The zero-order valence-electron chi connectivity index (χ0n) is 18.2. The summed E-state index contributed by atoms with van der Waals surface area (Å²) in [5.41, 5.74) is 2.78. The molecular weight excluding hydrogens is 390 g/mol. The maximum Gasteiger partial charge on any atom is 0.255 e. The molecule has 1 aliphatic rings. The van der Waals surface area contributed by atoms with Crippen LogP contribution in [0.3, 0.4) is 0 Å². The van der Waals surface area contributed by atoms with Crippen LogP contribution < -0.4 is 16.0 Å². The standard InChI is InChI=1S/C24H33N5O2/c1-2-25-24(27-14-13-26-23(31)21-7-3-4-8-22(21)30)28-17-19-9-11-20(12-10-19)18-29-15-5-6-16-29/h3-4,7-12,30H,2,5-6,13-18H2,1H3,(H,26,31)(H2,25,27,28). The van der Waals surface area contributed by atoms with Crippen molar-refractivity contribution in [3.63, 3.8) is 0 Å². The SMILES string of the molecule is CCNC(=NCc1ccc(CN2CCCC2)cc1)NCCNC(=O)c1ccccc1O. The molecule has 0 radical (unpaired) electrons. The lowest BCUT2D eigenvalue weighted by Crippen LogP contribution is -2.41. The van der Waals surface area contributed by atoms with Gasteiger partial charge in [-0.3, -0.25) is 9.69 Å². The number of rotatable bonds is 9. The van der Waals surface area contributed by atoms with E-state index in [0.29, 0.717) is 25.6 Å². The lowest BCUT2D eigenvalue weighted by Gasteiger charge is -2.14. The third-order valence-electron chi connectivity index (χ3n) is 5.24. The highest BCUT2D eigenvalue weighted by atomic mass is 16.3. The Bertz CT molecular complexity index is 861. The summed E-state index contributed by atoms with van der Waals surface area (Å²) < 4.78 is 0. The number of carbonyl (C=O) groups excluding carboxylic acids is 1. The van der Waals surface area contributed by atoms with E-state index < -0.39 is 0 Å². The van der Waals surface area contributed by atoms with Gasteiger partial charge in [-0.1, -0.05) is 36.4 Å². The second kappa shape index (κ2) is 12.0. The van der Waals surface area contributed by atoms with Crippen LogP contribution in [0.5, 0.6) is 5.75 Å². The molecule has 166 valence electrons. The predicted octanol–water partition coefficient (Wildman–Crippen LogP) is 2.47. The summed E-state index contributed by atoms with van der Waals surface area (Å²) >= 11 is 0. The fraction of sp³-hybridized carbons (Fsp3) is 0.417. The van der Waals surface area contributed by atoms with E-state index in [2.05, 4.69) is 50.1 Å². The highest BCUT2D eigenvalue weighted by molar-refractivity contribution is 5.96. The highest BCUT2D eigenvalue weighted by Crippen LogP contribution is 2.15. The number of carbonyl (C=O) groups is 1. The monoisotopic (exact) mass is 423 g/mol. The molecule has 2 aromatic carbocycles. The molecule has 3 rings (SSSR count). The third-order valence-corrected chi connectivity index (χ3v) is 5.24. The largest absolute Gasteiger partial charge is 0.507 e. The van der Waals surface area contributed by atoms with E-state index in [1.165, 1.54) is 37.6 Å². The fourth-order valence-electron chi connectivity index (χ4n) is 3.58. The first-order valence-electron chi connectivity index (χ1n) is 11.0. The van der Waals surface area contributed by atoms with Gasteiger partial charge in [0.05, 0.1) is 12.1 Å². The van der Waals surface area contributed by atoms with Gasteiger partial charge >= 0.3 is 0 Å². The quantitative estimate of drug-likeness (QED) is 0.283. The maximum absolute atomic E-state index is 12.1. The van der Waals surface area contributed by atoms with Gasteiger partial charge in [0.15, 0.2) is 5.96 Å². The van der Waals surface area contributed by atoms with Crippen molar-refractivity contribution >= 4 is 11.9 Å². The van der Waals surface area contributed by atoms with Gasteiger partial charge in [0, 0.05) is 26.2 Å². The molecule has 1 heterocycles. The summed E-state index contributed by atoms with van der Waals surface area (Å²) in [5, 5.41) is 19.0. The number of phenols is 1. The first-order valence-corrected chi connectivity index (χ1v) is 11.0. The summed E-state index contributed by atoms with van der Waals surface area (Å²) in [6.07, 6.45) is 2.62. The normalized spacial score (nSPS) is 14.4. The molecular formula is C24H33N5O2. The molecule has 0 atom stereocenters. The van der Waals surface area contributed by atoms with Gasteiger partial charge < -0.3 is 21.1 Å². The molecule has 1 saturated heterocycles. The highest BCUT2D eigenvalue weighted by Gasteiger charge is 2.11. The van der Waals surface area contributed by atoms with E-state index in [1.54, 1.807) is 18.2 Å². The van der Waals surface area contributed by atoms with Gasteiger partial charge in [0.2, 0.25) is 0 Å². The average molecular weight is 424 g/mol. The molecule has 7 nitrogen and oxygen atoms in total. The van der Waals surface area contributed by atoms with Crippen LogP contribution in [0, 0.1) is 0 Å². The zero-order chi connectivity index (χ0) is 21.9. The Morgan fingerprint density at radius 2 is 1.65 bits per heavy atom. The van der Waals surface area contributed by atoms with Crippen molar-refractivity contribution in [1.82, 2.24) is 20.9 Å². The number of likely N-dealkylation sites (tertiary alicyclic amines) is 1. The third kappa shape index (κ3) is 7.29. The Kier molecular flexibility index (Phi) is 8.72. The average Bonchev–Trinajstić information content (AvgIpc) is 3.29. The van der Waals surface area contributed by atoms with Crippen LogP contribution in [0.2, 0.25) is 0 Å². The van der Waals surface area contributed by atoms with Crippen molar-refractivity contribution in [2.24, 2.45) is 4.99 Å². The molecule has 0 unspecified atom stereocenters. The van der Waals surface area contributed by atoms with Crippen molar-refractivity contribution in [3.05, 3.63) is 65.2 Å². The van der Waals surface area contributed by atoms with Crippen molar-refractivity contribution in [3.8, 4) is 5.75 Å². The topological polar surface area (TPSA) is 89.0 Å². The number of nitrogens with zero attached hydrogens (tertiary/aromatic N) is 2. The van der Waals surface area contributed by atoms with Gasteiger partial charge in [0.1, 0.15) is 5.75 Å². The number of amides is 1. The smallest absolute Gasteiger partial charge is 0.255 e. The minimum atomic E-state index is -0.296. The summed E-state index contributed by atoms with van der Waals surface area (Å²) in [7, 11) is 0. The van der Waals surface area contributed by atoms with Crippen LogP contribution >= 0.6 is 0 Å². The molecule has 31 heavy (non-hydrogen) atoms. The summed E-state index contributed by atoms with van der Waals surface area (Å²) in [5.74, 6) is 0.394. The van der Waals surface area contributed by atoms with E-state index in [1.807, 2.05) is 6.92 Å². The van der Waals surface area contributed by atoms with Crippen molar-refractivity contribution in [1.29, 1.82) is 0 Å². The zero-order valence-corrected chi connectivity index (χ0v) is 18.2. The molecule has 0 bridgehead atoms. The van der Waals surface area contributed by atoms with Gasteiger partial charge in [0.25, 0.3) is 5.91 Å². The number of aromatic hydroxyl groups is 1. The number of para-hydroxylation sites is 1. The molecule has 7 heteroatoms. The summed E-state index contributed by atoms with van der Waals surface area (Å²) in [4.78, 5) is 19.3. The Morgan fingerprint density at radius 3 is 2.35 bits per heavy atom. The van der Waals surface area contributed by atoms with Crippen LogP contribution in [-0.2, 0) is 13.1 Å². The van der Waals surface area contributed by atoms with Crippen molar-refractivity contribution in [2.45, 2.75) is 32.9 Å². The Morgan fingerprint density at radius 1 is 0.968 bits per heavy atom. The van der Waals surface area contributed by atoms with Crippen LogP contribution in [-0.4, -0.2) is 54.6 Å². The lowest BCUT2D eigenvalue weighted by molar-refractivity contribution is 0.0951. The number of aliphatic imine (C=N–C) groups is 1. The Balaban J connectivity index is 1.44. The molecule has 2 aromatic rings. The van der Waals surface area contributed by atoms with E-state index in [0.717, 1.165) is 18.7 Å². The number of guanidine groups is 1. The van der Waals surface area contributed by atoms with E-state index in [4.69, 9.17) is 0 Å². The van der Waals surface area contributed by atoms with Crippen LogP contribution in [0.1, 0.15) is 41.3 Å². The molecule has 0 aliphatic carbocycles. The molecule has 1 aliphatic heterocycles. The first-order chi connectivity index (χ1) is 15.2. The molecule has 0 aromatic heterocycles. The number of phenolic OH excluding ortho intramolecular Hbond substituents is 1. The van der Waals surface area contributed by atoms with Crippen LogP contribution in [0.4, 0.5) is 0 Å². The second-order valence-electron chi connectivity index (χ2n) is 7.69. The number of benzene rings is 2. The summed E-state index contributed by atoms with van der Waals surface area (Å²) in [6, 6.07) is 15.2. The molecule has 4 N–H and O–H groups in total. The molecule has 1 fully saturated rings. The van der Waals surface area contributed by atoms with Gasteiger partial charge in [-0.2, -0.15) is 0 Å². The van der Waals surface area contributed by atoms with Gasteiger partial charge in [-0.25, -0.2) is 4.99 Å². The number of hydrogen-bond acceptors (Lipinski definition) is 4. The number of nitrogens with one attached hydrogen (secondary N) is 3. The van der Waals surface area contributed by atoms with E-state index in [9.17, 15) is 9.90 Å². The predicted molar refractivity (Wildman–Crippen MR) is 124 cm³/mol. The second-order valence-corrected chi connectivity index (χ2v) is 7.69. The fourth-order valence-corrected chi connectivity index (χ4v) is 3.58. The van der Waals surface area contributed by atoms with E-state index >= 15 is 0 Å². The Labute approximate surface area is 184 Å². The lowest BCUT2D eigenvalue weighted by atomic mass is 10.1.